The lowest BCUT2D eigenvalue weighted by Gasteiger charge is -1.90. The van der Waals surface area contributed by atoms with Crippen LogP contribution in [0.15, 0.2) is 42.2 Å². The Hall–Kier alpha value is -0.940. The summed E-state index contributed by atoms with van der Waals surface area (Å²) in [6.07, 6.45) is 2.79. The fourth-order valence-corrected chi connectivity index (χ4v) is 1.07. The number of hydrogen-bond acceptors (Lipinski definition) is 1. The van der Waals surface area contributed by atoms with E-state index in [9.17, 15) is 4.57 Å². The van der Waals surface area contributed by atoms with Crippen molar-refractivity contribution >= 4 is 8.46 Å². The average Bonchev–Trinajstić information content (AvgIpc) is 2.07. The van der Waals surface area contributed by atoms with Crippen molar-refractivity contribution in [2.45, 2.75) is 6.42 Å². The maximum atomic E-state index is 10.1. The van der Waals surface area contributed by atoms with Crippen molar-refractivity contribution in [1.29, 1.82) is 0 Å². The highest BCUT2D eigenvalue weighted by Gasteiger charge is 1.86. The van der Waals surface area contributed by atoms with Crippen LogP contribution in [0.3, 0.4) is 0 Å². The molecule has 0 radical (unpaired) electrons. The van der Waals surface area contributed by atoms with Gasteiger partial charge in [-0.3, -0.25) is 0 Å². The molecular formula is C9H10OP+. The van der Waals surface area contributed by atoms with E-state index in [0.29, 0.717) is 0 Å². The standard InChI is InChI=1S/C9H9OP/c10-11-8-4-7-9-5-2-1-3-6-9/h1-6,8H,7H2/p+1. The predicted octanol–water partition coefficient (Wildman–Crippen LogP) is 2.77. The highest BCUT2D eigenvalue weighted by atomic mass is 31.1. The molecule has 1 rings (SSSR count). The molecule has 56 valence electrons. The Morgan fingerprint density at radius 1 is 1.27 bits per heavy atom. The zero-order chi connectivity index (χ0) is 7.94. The van der Waals surface area contributed by atoms with Crippen molar-refractivity contribution in [3.05, 3.63) is 47.8 Å². The van der Waals surface area contributed by atoms with Crippen molar-refractivity contribution in [2.24, 2.45) is 0 Å². The van der Waals surface area contributed by atoms with Gasteiger partial charge in [0.1, 0.15) is 5.82 Å². The second-order valence-corrected chi connectivity index (χ2v) is 2.78. The summed E-state index contributed by atoms with van der Waals surface area (Å²) < 4.78 is 10.1. The fraction of sp³-hybridized carbons (Fsp3) is 0.111. The van der Waals surface area contributed by atoms with Gasteiger partial charge in [0.2, 0.25) is 0 Å². The molecule has 0 aliphatic carbocycles. The van der Waals surface area contributed by atoms with Gasteiger partial charge >= 0.3 is 8.46 Å². The Balaban J connectivity index is 2.51. The van der Waals surface area contributed by atoms with Gasteiger partial charge in [-0.25, -0.2) is 0 Å². The molecule has 0 aliphatic heterocycles. The third-order valence-electron chi connectivity index (χ3n) is 1.38. The van der Waals surface area contributed by atoms with Crippen LogP contribution in [0.25, 0.3) is 0 Å². The molecule has 0 fully saturated rings. The van der Waals surface area contributed by atoms with E-state index in [0.717, 1.165) is 6.42 Å². The Kier molecular flexibility index (Phi) is 3.57. The van der Waals surface area contributed by atoms with E-state index < -0.39 is 0 Å². The van der Waals surface area contributed by atoms with Crippen LogP contribution >= 0.6 is 8.46 Å². The maximum absolute atomic E-state index is 10.1. The molecule has 1 aromatic carbocycles. The van der Waals surface area contributed by atoms with Crippen LogP contribution in [0.1, 0.15) is 5.56 Å². The molecule has 0 bridgehead atoms. The molecule has 0 aliphatic rings. The van der Waals surface area contributed by atoms with Crippen LogP contribution in [0.2, 0.25) is 0 Å². The van der Waals surface area contributed by atoms with Gasteiger partial charge in [-0.2, -0.15) is 0 Å². The van der Waals surface area contributed by atoms with E-state index in [-0.39, 0.29) is 8.46 Å². The second kappa shape index (κ2) is 4.81. The smallest absolute Gasteiger partial charge is 0.0714 e. The normalized spacial score (nSPS) is 10.9. The van der Waals surface area contributed by atoms with Crippen molar-refractivity contribution in [3.63, 3.8) is 0 Å². The first kappa shape index (κ1) is 8.16. The summed E-state index contributed by atoms with van der Waals surface area (Å²) in [6, 6.07) is 10.1. The van der Waals surface area contributed by atoms with Crippen LogP contribution < -0.4 is 0 Å². The predicted molar refractivity (Wildman–Crippen MR) is 48.3 cm³/mol. The molecule has 1 nitrogen and oxygen atoms in total. The van der Waals surface area contributed by atoms with Crippen LogP contribution in [0.4, 0.5) is 0 Å². The van der Waals surface area contributed by atoms with Gasteiger partial charge in [-0.15, -0.1) is 0 Å². The molecule has 0 saturated carbocycles. The zero-order valence-electron chi connectivity index (χ0n) is 6.16. The van der Waals surface area contributed by atoms with Crippen LogP contribution in [-0.4, -0.2) is 0 Å². The first-order chi connectivity index (χ1) is 5.43. The van der Waals surface area contributed by atoms with E-state index in [4.69, 9.17) is 0 Å². The third kappa shape index (κ3) is 3.10. The van der Waals surface area contributed by atoms with E-state index in [2.05, 4.69) is 12.1 Å². The van der Waals surface area contributed by atoms with E-state index in [1.165, 1.54) is 5.56 Å². The topological polar surface area (TPSA) is 17.1 Å². The molecule has 0 N–H and O–H groups in total. The first-order valence-corrected chi connectivity index (χ1v) is 4.48. The van der Waals surface area contributed by atoms with E-state index in [1.54, 1.807) is 5.82 Å². The molecule has 1 unspecified atom stereocenters. The van der Waals surface area contributed by atoms with Crippen molar-refractivity contribution < 1.29 is 4.57 Å². The molecule has 2 heteroatoms. The van der Waals surface area contributed by atoms with Gasteiger partial charge in [0, 0.05) is 0 Å². The summed E-state index contributed by atoms with van der Waals surface area (Å²) in [6.45, 7) is 0. The summed E-state index contributed by atoms with van der Waals surface area (Å²) >= 11 is 0. The van der Waals surface area contributed by atoms with Crippen molar-refractivity contribution in [3.8, 4) is 0 Å². The van der Waals surface area contributed by atoms with E-state index >= 15 is 0 Å². The Morgan fingerprint density at radius 2 is 2.00 bits per heavy atom. The molecule has 1 aromatic rings. The lowest BCUT2D eigenvalue weighted by molar-refractivity contribution is 0.602. The molecule has 0 amide bonds. The molecule has 0 saturated heterocycles. The fourth-order valence-electron chi connectivity index (χ4n) is 0.857. The molecule has 0 aromatic heterocycles. The summed E-state index contributed by atoms with van der Waals surface area (Å²) in [5.41, 5.74) is 1.25. The monoisotopic (exact) mass is 165 g/mol. The summed E-state index contributed by atoms with van der Waals surface area (Å²) in [4.78, 5) is 0. The average molecular weight is 165 g/mol. The van der Waals surface area contributed by atoms with Crippen molar-refractivity contribution in [2.75, 3.05) is 0 Å². The van der Waals surface area contributed by atoms with Crippen LogP contribution in [0, 0.1) is 0 Å². The number of benzene rings is 1. The minimum absolute atomic E-state index is 0.321. The SMILES string of the molecule is O=[PH+]C=CCc1ccccc1. The lowest BCUT2D eigenvalue weighted by Crippen LogP contribution is -1.76. The molecular weight excluding hydrogens is 155 g/mol. The molecule has 1 atom stereocenters. The van der Waals surface area contributed by atoms with Gasteiger partial charge in [-0.1, -0.05) is 34.9 Å². The molecule has 0 spiro atoms. The van der Waals surface area contributed by atoms with Crippen LogP contribution in [0.5, 0.6) is 0 Å². The van der Waals surface area contributed by atoms with Gasteiger partial charge in [0.25, 0.3) is 0 Å². The minimum Gasteiger partial charge on any atom is -0.0714 e. The molecule has 11 heavy (non-hydrogen) atoms. The van der Waals surface area contributed by atoms with Crippen LogP contribution in [-0.2, 0) is 11.0 Å². The number of allylic oxidation sites excluding steroid dienone is 1. The minimum atomic E-state index is -0.321. The van der Waals surface area contributed by atoms with Crippen molar-refractivity contribution in [1.82, 2.24) is 0 Å². The Morgan fingerprint density at radius 3 is 2.64 bits per heavy atom. The highest BCUT2D eigenvalue weighted by molar-refractivity contribution is 7.27. The van der Waals surface area contributed by atoms with Gasteiger partial charge < -0.3 is 0 Å². The lowest BCUT2D eigenvalue weighted by atomic mass is 10.2. The van der Waals surface area contributed by atoms with Gasteiger partial charge in [0.05, 0.1) is 0 Å². The zero-order valence-corrected chi connectivity index (χ0v) is 7.16. The first-order valence-electron chi connectivity index (χ1n) is 3.50. The van der Waals surface area contributed by atoms with E-state index in [1.807, 2.05) is 24.3 Å². The largest absolute Gasteiger partial charge is 0.355 e. The summed E-state index contributed by atoms with van der Waals surface area (Å²) in [7, 11) is -0.321. The second-order valence-electron chi connectivity index (χ2n) is 2.21. The Labute approximate surface area is 68.0 Å². The number of rotatable bonds is 3. The van der Waals surface area contributed by atoms with Gasteiger partial charge in [-0.05, 0) is 18.1 Å². The Bertz CT molecular complexity index is 241. The molecule has 0 heterocycles. The quantitative estimate of drug-likeness (QED) is 0.629. The maximum Gasteiger partial charge on any atom is 0.355 e. The summed E-state index contributed by atoms with van der Waals surface area (Å²) in [5, 5.41) is 0. The van der Waals surface area contributed by atoms with Gasteiger partial charge in [0.15, 0.2) is 0 Å². The highest BCUT2D eigenvalue weighted by Crippen LogP contribution is 2.02. The number of hydrogen-bond donors (Lipinski definition) is 0. The summed E-state index contributed by atoms with van der Waals surface area (Å²) in [5.74, 6) is 1.67. The third-order valence-corrected chi connectivity index (χ3v) is 1.75.